The van der Waals surface area contributed by atoms with Crippen LogP contribution in [0.4, 0.5) is 0 Å². The predicted octanol–water partition coefficient (Wildman–Crippen LogP) is 3.62. The largest absolute Gasteiger partial charge is 0.291 e. The molecule has 0 aromatic carbocycles. The molecule has 0 bridgehead atoms. The van der Waals surface area contributed by atoms with Crippen LogP contribution in [0.3, 0.4) is 0 Å². The molecule has 1 aliphatic heterocycles. The van der Waals surface area contributed by atoms with Crippen molar-refractivity contribution < 1.29 is 9.59 Å². The molecule has 0 aliphatic carbocycles. The number of aromatic nitrogens is 2. The molecule has 2 aromatic rings. The minimum Gasteiger partial charge on any atom is -0.291 e. The van der Waals surface area contributed by atoms with E-state index >= 15 is 0 Å². The molecule has 24 heavy (non-hydrogen) atoms. The Morgan fingerprint density at radius 3 is 2.62 bits per heavy atom. The number of fused-ring (bicyclic) bond motifs is 1. The Hall–Kier alpha value is -1.98. The van der Waals surface area contributed by atoms with Crippen molar-refractivity contribution in [2.24, 2.45) is 0 Å². The van der Waals surface area contributed by atoms with Gasteiger partial charge in [0.1, 0.15) is 11.1 Å². The molecular formula is C17H15Cl2N3O2. The first-order valence-electron chi connectivity index (χ1n) is 7.47. The van der Waals surface area contributed by atoms with E-state index in [0.717, 1.165) is 16.8 Å². The predicted molar refractivity (Wildman–Crippen MR) is 91.6 cm³/mol. The lowest BCUT2D eigenvalue weighted by molar-refractivity contribution is -0.121. The zero-order valence-electron chi connectivity index (χ0n) is 13.4. The van der Waals surface area contributed by atoms with Crippen LogP contribution in [0.5, 0.6) is 0 Å². The number of aryl methyl sites for hydroxylation is 1. The van der Waals surface area contributed by atoms with Gasteiger partial charge < -0.3 is 0 Å². The molecule has 0 radical (unpaired) electrons. The molecule has 7 heteroatoms. The highest BCUT2D eigenvalue weighted by molar-refractivity contribution is 6.41. The molecule has 0 spiro atoms. The van der Waals surface area contributed by atoms with Crippen LogP contribution in [0, 0.1) is 6.92 Å². The Balaban J connectivity index is 2.31. The molecule has 1 atom stereocenters. The van der Waals surface area contributed by atoms with E-state index in [2.05, 4.69) is 15.3 Å². The second kappa shape index (κ2) is 6.15. The van der Waals surface area contributed by atoms with Crippen molar-refractivity contribution in [1.82, 2.24) is 15.3 Å². The summed E-state index contributed by atoms with van der Waals surface area (Å²) in [6.07, 6.45) is 1.71. The van der Waals surface area contributed by atoms with Crippen molar-refractivity contribution in [2.75, 3.05) is 0 Å². The summed E-state index contributed by atoms with van der Waals surface area (Å²) in [5.74, 6) is -1.60. The van der Waals surface area contributed by atoms with E-state index < -0.39 is 17.7 Å². The molecule has 3 rings (SSSR count). The van der Waals surface area contributed by atoms with Crippen molar-refractivity contribution in [3.63, 3.8) is 0 Å². The van der Waals surface area contributed by atoms with E-state index in [1.165, 1.54) is 6.07 Å². The van der Waals surface area contributed by atoms with Gasteiger partial charge >= 0.3 is 0 Å². The highest BCUT2D eigenvalue weighted by Crippen LogP contribution is 2.37. The average Bonchev–Trinajstić information content (AvgIpc) is 2.50. The highest BCUT2D eigenvalue weighted by Gasteiger charge is 2.38. The number of nitrogens with one attached hydrogen (secondary N) is 1. The van der Waals surface area contributed by atoms with Gasteiger partial charge in [0.15, 0.2) is 0 Å². The fraction of sp³-hybridized carbons (Fsp3) is 0.294. The fourth-order valence-corrected chi connectivity index (χ4v) is 3.25. The Kier molecular flexibility index (Phi) is 4.32. The van der Waals surface area contributed by atoms with Crippen molar-refractivity contribution in [2.45, 2.75) is 32.6 Å². The second-order valence-electron chi connectivity index (χ2n) is 6.03. The van der Waals surface area contributed by atoms with Crippen LogP contribution in [0.15, 0.2) is 18.3 Å². The zero-order chi connectivity index (χ0) is 17.6. The summed E-state index contributed by atoms with van der Waals surface area (Å²) in [5.41, 5.74) is 3.03. The van der Waals surface area contributed by atoms with Crippen LogP contribution < -0.4 is 5.32 Å². The molecule has 2 amide bonds. The van der Waals surface area contributed by atoms with Gasteiger partial charge in [-0.05, 0) is 36.1 Å². The number of halogens is 2. The SMILES string of the molecule is Cc1ccnc(C(C)C)c1C1C(=O)NC(=O)c2cc(Cl)c(Cl)nc21. The third kappa shape index (κ3) is 2.68. The van der Waals surface area contributed by atoms with Gasteiger partial charge in [0.05, 0.1) is 16.3 Å². The zero-order valence-corrected chi connectivity index (χ0v) is 14.9. The number of imide groups is 1. The number of hydrogen-bond acceptors (Lipinski definition) is 4. The first kappa shape index (κ1) is 16.9. The third-order valence-corrected chi connectivity index (χ3v) is 4.73. The number of carbonyl (C=O) groups is 2. The molecule has 124 valence electrons. The Morgan fingerprint density at radius 1 is 1.25 bits per heavy atom. The molecule has 5 nitrogen and oxygen atoms in total. The summed E-state index contributed by atoms with van der Waals surface area (Å²) in [5, 5.41) is 2.61. The molecule has 1 N–H and O–H groups in total. The van der Waals surface area contributed by atoms with Crippen molar-refractivity contribution in [3.8, 4) is 0 Å². The second-order valence-corrected chi connectivity index (χ2v) is 6.79. The topological polar surface area (TPSA) is 72.0 Å². The lowest BCUT2D eigenvalue weighted by Gasteiger charge is -2.27. The van der Waals surface area contributed by atoms with Gasteiger partial charge in [0.2, 0.25) is 5.91 Å². The van der Waals surface area contributed by atoms with Crippen LogP contribution in [0.25, 0.3) is 0 Å². The van der Waals surface area contributed by atoms with Gasteiger partial charge in [-0.1, -0.05) is 37.0 Å². The van der Waals surface area contributed by atoms with Gasteiger partial charge in [-0.3, -0.25) is 19.9 Å². The van der Waals surface area contributed by atoms with Crippen LogP contribution >= 0.6 is 23.2 Å². The van der Waals surface area contributed by atoms with Gasteiger partial charge in [-0.2, -0.15) is 0 Å². The van der Waals surface area contributed by atoms with Gasteiger partial charge in [0.25, 0.3) is 5.91 Å². The molecule has 0 fully saturated rings. The summed E-state index contributed by atoms with van der Waals surface area (Å²) >= 11 is 12.0. The maximum absolute atomic E-state index is 12.6. The minimum atomic E-state index is -0.751. The number of carbonyl (C=O) groups excluding carboxylic acids is 2. The Morgan fingerprint density at radius 2 is 1.96 bits per heavy atom. The molecule has 0 saturated heterocycles. The monoisotopic (exact) mass is 363 g/mol. The molecule has 1 aliphatic rings. The van der Waals surface area contributed by atoms with Gasteiger partial charge in [-0.15, -0.1) is 0 Å². The molecule has 3 heterocycles. The number of amides is 2. The summed E-state index contributed by atoms with van der Waals surface area (Å²) in [6, 6.07) is 3.28. The van der Waals surface area contributed by atoms with Crippen LogP contribution in [-0.2, 0) is 4.79 Å². The summed E-state index contributed by atoms with van der Waals surface area (Å²) in [4.78, 5) is 33.4. The van der Waals surface area contributed by atoms with Crippen LogP contribution in [0.2, 0.25) is 10.2 Å². The standard InChI is InChI=1S/C17H15Cl2N3O2/c1-7(2)13-11(8(3)4-5-20-13)12-14-9(16(23)22-17(12)24)6-10(18)15(19)21-14/h4-7,12H,1-3H3,(H,22,23,24). The fourth-order valence-electron chi connectivity index (χ4n) is 2.95. The molecule has 0 saturated carbocycles. The van der Waals surface area contributed by atoms with Gasteiger partial charge in [0, 0.05) is 11.9 Å². The molecule has 1 unspecified atom stereocenters. The van der Waals surface area contributed by atoms with Crippen molar-refractivity contribution >= 4 is 35.0 Å². The van der Waals surface area contributed by atoms with E-state index in [1.54, 1.807) is 6.20 Å². The lowest BCUT2D eigenvalue weighted by atomic mass is 9.83. The van der Waals surface area contributed by atoms with E-state index in [9.17, 15) is 9.59 Å². The van der Waals surface area contributed by atoms with E-state index in [1.807, 2.05) is 26.8 Å². The summed E-state index contributed by atoms with van der Waals surface area (Å²) < 4.78 is 0. The summed E-state index contributed by atoms with van der Waals surface area (Å²) in [6.45, 7) is 5.91. The van der Waals surface area contributed by atoms with Crippen LogP contribution in [-0.4, -0.2) is 21.8 Å². The quantitative estimate of drug-likeness (QED) is 0.653. The number of rotatable bonds is 2. The highest BCUT2D eigenvalue weighted by atomic mass is 35.5. The van der Waals surface area contributed by atoms with E-state index in [-0.39, 0.29) is 21.7 Å². The maximum atomic E-state index is 12.6. The third-order valence-electron chi connectivity index (χ3n) is 4.05. The van der Waals surface area contributed by atoms with E-state index in [4.69, 9.17) is 23.2 Å². The Labute approximate surface area is 149 Å². The lowest BCUT2D eigenvalue weighted by Crippen LogP contribution is -2.42. The van der Waals surface area contributed by atoms with Gasteiger partial charge in [-0.25, -0.2) is 4.98 Å². The normalized spacial score (nSPS) is 17.0. The number of nitrogens with zero attached hydrogens (tertiary/aromatic N) is 2. The number of hydrogen-bond donors (Lipinski definition) is 1. The van der Waals surface area contributed by atoms with Crippen molar-refractivity contribution in [1.29, 1.82) is 0 Å². The van der Waals surface area contributed by atoms with Crippen LogP contribution in [0.1, 0.15) is 58.6 Å². The average molecular weight is 364 g/mol. The Bertz CT molecular complexity index is 865. The first-order chi connectivity index (χ1) is 11.3. The van der Waals surface area contributed by atoms with Crippen molar-refractivity contribution in [3.05, 3.63) is 56.6 Å². The van der Waals surface area contributed by atoms with E-state index in [0.29, 0.717) is 5.69 Å². The molecular weight excluding hydrogens is 349 g/mol. The smallest absolute Gasteiger partial charge is 0.259 e. The number of pyridine rings is 2. The first-order valence-corrected chi connectivity index (χ1v) is 8.23. The maximum Gasteiger partial charge on any atom is 0.259 e. The molecule has 2 aromatic heterocycles. The minimum absolute atomic E-state index is 0.0653. The summed E-state index contributed by atoms with van der Waals surface area (Å²) in [7, 11) is 0.